The summed E-state index contributed by atoms with van der Waals surface area (Å²) in [6.45, 7) is 0. The Labute approximate surface area is 83.9 Å². The first kappa shape index (κ1) is 11.5. The third-order valence-electron chi connectivity index (χ3n) is 2.41. The van der Waals surface area contributed by atoms with Crippen molar-refractivity contribution >= 4 is 16.0 Å². The van der Waals surface area contributed by atoms with Crippen molar-refractivity contribution in [3.05, 3.63) is 0 Å². The average molecular weight is 221 g/mol. The Hall–Kier alpha value is -0.620. The van der Waals surface area contributed by atoms with Crippen LogP contribution in [0.2, 0.25) is 0 Å². The number of carbonyl (C=O) groups excluding carboxylic acids is 1. The van der Waals surface area contributed by atoms with Crippen LogP contribution in [0.5, 0.6) is 0 Å². The second-order valence-corrected chi connectivity index (χ2v) is 5.40. The van der Waals surface area contributed by atoms with E-state index in [1.165, 1.54) is 7.11 Å². The molecule has 82 valence electrons. The third-order valence-corrected chi connectivity index (χ3v) is 3.18. The summed E-state index contributed by atoms with van der Waals surface area (Å²) in [6.07, 6.45) is 3.78. The van der Waals surface area contributed by atoms with Crippen LogP contribution >= 0.6 is 0 Å². The van der Waals surface area contributed by atoms with E-state index in [4.69, 9.17) is 0 Å². The summed E-state index contributed by atoms with van der Waals surface area (Å²) < 4.78 is 29.2. The van der Waals surface area contributed by atoms with Gasteiger partial charge in [-0.3, -0.25) is 4.79 Å². The average Bonchev–Trinajstić information content (AvgIpc) is 2.49. The van der Waals surface area contributed by atoms with Crippen molar-refractivity contribution in [1.29, 1.82) is 0 Å². The summed E-state index contributed by atoms with van der Waals surface area (Å²) in [4.78, 5) is 11.5. The SMILES string of the molecule is COC(=O)C1(NS(C)(=O)=O)CCCC1. The minimum absolute atomic E-state index is 0.486. The molecule has 0 atom stereocenters. The summed E-state index contributed by atoms with van der Waals surface area (Å²) in [5, 5.41) is 0. The van der Waals surface area contributed by atoms with E-state index in [1.54, 1.807) is 0 Å². The molecule has 1 N–H and O–H groups in total. The van der Waals surface area contributed by atoms with Crippen LogP contribution in [0.1, 0.15) is 25.7 Å². The molecule has 5 nitrogen and oxygen atoms in total. The van der Waals surface area contributed by atoms with Gasteiger partial charge in [0.15, 0.2) is 0 Å². The van der Waals surface area contributed by atoms with Gasteiger partial charge in [0.25, 0.3) is 0 Å². The molecule has 1 saturated carbocycles. The van der Waals surface area contributed by atoms with E-state index in [0.717, 1.165) is 19.1 Å². The van der Waals surface area contributed by atoms with Gasteiger partial charge in [0.2, 0.25) is 10.0 Å². The highest BCUT2D eigenvalue weighted by Gasteiger charge is 2.44. The van der Waals surface area contributed by atoms with Gasteiger partial charge in [0.05, 0.1) is 13.4 Å². The molecule has 1 rings (SSSR count). The van der Waals surface area contributed by atoms with Crippen LogP contribution in [0.4, 0.5) is 0 Å². The number of carbonyl (C=O) groups is 1. The number of rotatable bonds is 3. The number of ether oxygens (including phenoxy) is 1. The lowest BCUT2D eigenvalue weighted by atomic mass is 10.00. The Morgan fingerprint density at radius 2 is 1.86 bits per heavy atom. The molecular weight excluding hydrogens is 206 g/mol. The topological polar surface area (TPSA) is 72.5 Å². The molecule has 0 aliphatic heterocycles. The number of methoxy groups -OCH3 is 1. The smallest absolute Gasteiger partial charge is 0.327 e. The van der Waals surface area contributed by atoms with Gasteiger partial charge < -0.3 is 4.74 Å². The second kappa shape index (κ2) is 3.86. The van der Waals surface area contributed by atoms with Crippen molar-refractivity contribution in [1.82, 2.24) is 4.72 Å². The molecule has 0 aromatic rings. The van der Waals surface area contributed by atoms with Crippen LogP contribution in [0.3, 0.4) is 0 Å². The van der Waals surface area contributed by atoms with E-state index in [-0.39, 0.29) is 0 Å². The van der Waals surface area contributed by atoms with Crippen LogP contribution in [0.25, 0.3) is 0 Å². The Morgan fingerprint density at radius 1 is 1.36 bits per heavy atom. The predicted octanol–water partition coefficient (Wildman–Crippen LogP) is 0.0214. The number of hydrogen-bond acceptors (Lipinski definition) is 4. The van der Waals surface area contributed by atoms with Gasteiger partial charge in [0, 0.05) is 0 Å². The van der Waals surface area contributed by atoms with Crippen molar-refractivity contribution in [3.8, 4) is 0 Å². The first-order valence-corrected chi connectivity index (χ1v) is 6.36. The van der Waals surface area contributed by atoms with Crippen molar-refractivity contribution < 1.29 is 17.9 Å². The van der Waals surface area contributed by atoms with Gasteiger partial charge >= 0.3 is 5.97 Å². The minimum Gasteiger partial charge on any atom is -0.468 e. The zero-order valence-electron chi connectivity index (χ0n) is 8.37. The zero-order valence-corrected chi connectivity index (χ0v) is 9.19. The van der Waals surface area contributed by atoms with Crippen LogP contribution in [0.15, 0.2) is 0 Å². The molecule has 0 saturated heterocycles. The number of hydrogen-bond donors (Lipinski definition) is 1. The molecule has 0 amide bonds. The van der Waals surface area contributed by atoms with Gasteiger partial charge in [-0.1, -0.05) is 12.8 Å². The fraction of sp³-hybridized carbons (Fsp3) is 0.875. The fourth-order valence-electron chi connectivity index (χ4n) is 1.88. The van der Waals surface area contributed by atoms with Crippen LogP contribution < -0.4 is 4.72 Å². The van der Waals surface area contributed by atoms with Gasteiger partial charge in [-0.25, -0.2) is 8.42 Å². The Kier molecular flexibility index (Phi) is 3.16. The lowest BCUT2D eigenvalue weighted by Crippen LogP contribution is -2.52. The van der Waals surface area contributed by atoms with Gasteiger partial charge in [-0.2, -0.15) is 4.72 Å². The van der Waals surface area contributed by atoms with E-state index < -0.39 is 21.5 Å². The predicted molar refractivity (Wildman–Crippen MR) is 51.2 cm³/mol. The van der Waals surface area contributed by atoms with Crippen molar-refractivity contribution in [2.75, 3.05) is 13.4 Å². The number of sulfonamides is 1. The molecule has 0 unspecified atom stereocenters. The molecule has 1 aliphatic rings. The molecule has 0 aromatic carbocycles. The maximum absolute atomic E-state index is 11.5. The molecule has 0 heterocycles. The number of esters is 1. The molecule has 0 bridgehead atoms. The van der Waals surface area contributed by atoms with Crippen LogP contribution in [-0.4, -0.2) is 33.3 Å². The maximum atomic E-state index is 11.5. The zero-order chi connectivity index (χ0) is 10.8. The first-order chi connectivity index (χ1) is 6.40. The van der Waals surface area contributed by atoms with E-state index >= 15 is 0 Å². The lowest BCUT2D eigenvalue weighted by Gasteiger charge is -2.25. The molecule has 1 aliphatic carbocycles. The number of nitrogens with one attached hydrogen (secondary N) is 1. The van der Waals surface area contributed by atoms with Crippen molar-refractivity contribution in [2.45, 2.75) is 31.2 Å². The summed E-state index contributed by atoms with van der Waals surface area (Å²) in [6, 6.07) is 0. The van der Waals surface area contributed by atoms with Crippen molar-refractivity contribution in [3.63, 3.8) is 0 Å². The Balaban J connectivity index is 2.88. The van der Waals surface area contributed by atoms with Gasteiger partial charge in [-0.05, 0) is 12.8 Å². The molecule has 1 fully saturated rings. The highest BCUT2D eigenvalue weighted by Crippen LogP contribution is 2.31. The van der Waals surface area contributed by atoms with E-state index in [9.17, 15) is 13.2 Å². The maximum Gasteiger partial charge on any atom is 0.327 e. The lowest BCUT2D eigenvalue weighted by molar-refractivity contribution is -0.147. The summed E-state index contributed by atoms with van der Waals surface area (Å²) in [5.74, 6) is -0.486. The van der Waals surface area contributed by atoms with Gasteiger partial charge in [-0.15, -0.1) is 0 Å². The van der Waals surface area contributed by atoms with Crippen LogP contribution in [-0.2, 0) is 19.6 Å². The normalized spacial score (nSPS) is 20.7. The molecule has 0 aromatic heterocycles. The third kappa shape index (κ3) is 2.45. The highest BCUT2D eigenvalue weighted by molar-refractivity contribution is 7.88. The molecule has 6 heteroatoms. The molecule has 0 spiro atoms. The van der Waals surface area contributed by atoms with E-state index in [1.807, 2.05) is 0 Å². The highest BCUT2D eigenvalue weighted by atomic mass is 32.2. The second-order valence-electron chi connectivity index (χ2n) is 3.66. The summed E-state index contributed by atoms with van der Waals surface area (Å²) in [7, 11) is -2.10. The van der Waals surface area contributed by atoms with E-state index in [0.29, 0.717) is 12.8 Å². The van der Waals surface area contributed by atoms with Crippen molar-refractivity contribution in [2.24, 2.45) is 0 Å². The summed E-state index contributed by atoms with van der Waals surface area (Å²) in [5.41, 5.74) is -1.01. The first-order valence-electron chi connectivity index (χ1n) is 4.47. The Bertz CT molecular complexity index is 316. The largest absolute Gasteiger partial charge is 0.468 e. The summed E-state index contributed by atoms with van der Waals surface area (Å²) >= 11 is 0. The fourth-order valence-corrected chi connectivity index (χ4v) is 2.87. The molecular formula is C8H15NO4S. The minimum atomic E-state index is -3.37. The van der Waals surface area contributed by atoms with E-state index in [2.05, 4.69) is 9.46 Å². The van der Waals surface area contributed by atoms with Crippen LogP contribution in [0, 0.1) is 0 Å². The van der Waals surface area contributed by atoms with Gasteiger partial charge in [0.1, 0.15) is 5.54 Å². The molecule has 14 heavy (non-hydrogen) atoms. The Morgan fingerprint density at radius 3 is 2.21 bits per heavy atom. The monoisotopic (exact) mass is 221 g/mol. The quantitative estimate of drug-likeness (QED) is 0.682. The molecule has 0 radical (unpaired) electrons. The standard InChI is InChI=1S/C8H15NO4S/c1-13-7(10)8(5-3-4-6-8)9-14(2,11)12/h9H,3-6H2,1-2H3.